The van der Waals surface area contributed by atoms with Gasteiger partial charge in [-0.05, 0) is 35.7 Å². The molecule has 1 heterocycles. The average Bonchev–Trinajstić information content (AvgIpc) is 3.02. The molecule has 0 amide bonds. The van der Waals surface area contributed by atoms with Gasteiger partial charge in [0.2, 0.25) is 0 Å². The molecule has 3 heteroatoms. The Balaban J connectivity index is 1.92. The molecule has 1 aromatic heterocycles. The summed E-state index contributed by atoms with van der Waals surface area (Å²) in [6.45, 7) is 2.20. The zero-order chi connectivity index (χ0) is 16.1. The second kappa shape index (κ2) is 7.71. The lowest BCUT2D eigenvalue weighted by atomic mass is 9.87. The number of nitrogens with one attached hydrogen (secondary N) is 1. The maximum absolute atomic E-state index is 5.12. The molecule has 1 atom stereocenters. The lowest BCUT2D eigenvalue weighted by Gasteiger charge is -2.16. The Morgan fingerprint density at radius 1 is 1.13 bits per heavy atom. The molecule has 119 valence electrons. The normalized spacial score (nSPS) is 12.6. The topological polar surface area (TPSA) is 25.0 Å². The van der Waals surface area contributed by atoms with E-state index in [1.807, 2.05) is 0 Å². The molecular weight excluding hydrogens is 302 g/mol. The first-order valence-electron chi connectivity index (χ1n) is 7.94. The number of fused-ring (bicyclic) bond motifs is 1. The van der Waals surface area contributed by atoms with E-state index < -0.39 is 0 Å². The molecule has 0 aliphatic heterocycles. The summed E-state index contributed by atoms with van der Waals surface area (Å²) in [6.07, 6.45) is 5.58. The molecule has 0 aliphatic rings. The maximum atomic E-state index is 5.12. The van der Waals surface area contributed by atoms with Crippen molar-refractivity contribution in [2.75, 3.05) is 13.0 Å². The third kappa shape index (κ3) is 3.62. The van der Waals surface area contributed by atoms with Crippen LogP contribution < -0.4 is 0 Å². The first-order chi connectivity index (χ1) is 11.3. The molecule has 3 rings (SSSR count). The van der Waals surface area contributed by atoms with Crippen LogP contribution in [-0.2, 0) is 4.74 Å². The van der Waals surface area contributed by atoms with E-state index >= 15 is 0 Å². The van der Waals surface area contributed by atoms with Gasteiger partial charge in [-0.15, -0.1) is 0 Å². The highest BCUT2D eigenvalue weighted by Gasteiger charge is 2.17. The largest absolute Gasteiger partial charge is 0.374 e. The quantitative estimate of drug-likeness (QED) is 0.451. The van der Waals surface area contributed by atoms with E-state index in [9.17, 15) is 0 Å². The molecule has 0 saturated heterocycles. The summed E-state index contributed by atoms with van der Waals surface area (Å²) >= 11 is 1.72. The Morgan fingerprint density at radius 2 is 1.91 bits per heavy atom. The van der Waals surface area contributed by atoms with E-state index in [4.69, 9.17) is 4.74 Å². The van der Waals surface area contributed by atoms with Gasteiger partial charge < -0.3 is 9.72 Å². The van der Waals surface area contributed by atoms with Crippen molar-refractivity contribution in [2.45, 2.75) is 24.2 Å². The Morgan fingerprint density at radius 3 is 2.65 bits per heavy atom. The maximum Gasteiger partial charge on any atom is 0.0963 e. The smallest absolute Gasteiger partial charge is 0.0963 e. The number of aromatic amines is 1. The minimum absolute atomic E-state index is 0.317. The lowest BCUT2D eigenvalue weighted by molar-refractivity contribution is 0.259. The van der Waals surface area contributed by atoms with Crippen LogP contribution in [0.5, 0.6) is 0 Å². The summed E-state index contributed by atoms with van der Waals surface area (Å²) in [7, 11) is 1.73. The number of ether oxygens (including phenoxy) is 1. The predicted octanol–water partition coefficient (Wildman–Crippen LogP) is 5.61. The summed E-state index contributed by atoms with van der Waals surface area (Å²) in [5, 5.41) is 1.31. The first kappa shape index (κ1) is 16.2. The number of hydrogen-bond donors (Lipinski definition) is 1. The van der Waals surface area contributed by atoms with Crippen LogP contribution in [0.15, 0.2) is 59.6 Å². The average molecular weight is 324 g/mol. The molecule has 3 aromatic rings. The second-order valence-electron chi connectivity index (χ2n) is 5.53. The molecular formula is C20H22NOS. The molecule has 2 nitrogen and oxygen atoms in total. The summed E-state index contributed by atoms with van der Waals surface area (Å²) < 4.78 is 5.12. The lowest BCUT2D eigenvalue weighted by Crippen LogP contribution is -2.01. The number of H-pyrrole nitrogens is 1. The third-order valence-corrected chi connectivity index (χ3v) is 4.97. The summed E-state index contributed by atoms with van der Waals surface area (Å²) in [5.74, 6) is 1.00. The minimum Gasteiger partial charge on any atom is -0.374 e. The Kier molecular flexibility index (Phi) is 5.42. The standard InChI is InChI=1S/C20H22NOS/c1-3-6-17(15-9-11-16(12-10-15)23-14-22-2)19-13-21-20-8-5-4-7-18(19)20/h4-13,17,21H,3,14H2,1-2H3. The Bertz CT molecular complexity index is 748. The van der Waals surface area contributed by atoms with Gasteiger partial charge in [0.05, 0.1) is 5.94 Å². The zero-order valence-corrected chi connectivity index (χ0v) is 14.4. The van der Waals surface area contributed by atoms with Gasteiger partial charge in [0.1, 0.15) is 0 Å². The molecule has 0 aliphatic carbocycles. The van der Waals surface area contributed by atoms with Crippen molar-refractivity contribution in [3.8, 4) is 0 Å². The van der Waals surface area contributed by atoms with Crippen LogP contribution in [-0.4, -0.2) is 18.0 Å². The van der Waals surface area contributed by atoms with Crippen molar-refractivity contribution < 1.29 is 4.74 Å². The van der Waals surface area contributed by atoms with Gasteiger partial charge in [-0.1, -0.05) is 55.4 Å². The summed E-state index contributed by atoms with van der Waals surface area (Å²) in [5.41, 5.74) is 3.88. The number of thioether (sulfide) groups is 1. The van der Waals surface area contributed by atoms with E-state index in [0.717, 1.165) is 6.42 Å². The third-order valence-electron chi connectivity index (χ3n) is 4.01. The molecule has 0 bridgehead atoms. The highest BCUT2D eigenvalue weighted by Crippen LogP contribution is 2.34. The number of aromatic nitrogens is 1. The molecule has 1 N–H and O–H groups in total. The number of rotatable bonds is 7. The zero-order valence-electron chi connectivity index (χ0n) is 13.6. The van der Waals surface area contributed by atoms with E-state index in [0.29, 0.717) is 11.9 Å². The van der Waals surface area contributed by atoms with Crippen LogP contribution in [0.2, 0.25) is 0 Å². The van der Waals surface area contributed by atoms with Gasteiger partial charge in [0.25, 0.3) is 0 Å². The number of methoxy groups -OCH3 is 1. The van der Waals surface area contributed by atoms with Crippen LogP contribution in [0.4, 0.5) is 0 Å². The van der Waals surface area contributed by atoms with Crippen molar-refractivity contribution in [1.82, 2.24) is 4.98 Å². The van der Waals surface area contributed by atoms with Crippen molar-refractivity contribution in [3.05, 3.63) is 72.3 Å². The van der Waals surface area contributed by atoms with Gasteiger partial charge in [-0.2, -0.15) is 0 Å². The molecule has 0 spiro atoms. The van der Waals surface area contributed by atoms with Crippen LogP contribution in [0.25, 0.3) is 10.9 Å². The fourth-order valence-electron chi connectivity index (χ4n) is 2.93. The highest BCUT2D eigenvalue weighted by molar-refractivity contribution is 7.99. The number of para-hydroxylation sites is 1. The molecule has 1 radical (unpaired) electrons. The number of hydrogen-bond acceptors (Lipinski definition) is 2. The van der Waals surface area contributed by atoms with Crippen molar-refractivity contribution >= 4 is 22.7 Å². The summed E-state index contributed by atoms with van der Waals surface area (Å²) in [4.78, 5) is 4.64. The van der Waals surface area contributed by atoms with Crippen molar-refractivity contribution in [1.29, 1.82) is 0 Å². The van der Waals surface area contributed by atoms with E-state index in [2.05, 4.69) is 73.1 Å². The van der Waals surface area contributed by atoms with Crippen molar-refractivity contribution in [3.63, 3.8) is 0 Å². The monoisotopic (exact) mass is 324 g/mol. The Hall–Kier alpha value is -1.71. The van der Waals surface area contributed by atoms with Crippen LogP contribution in [0.3, 0.4) is 0 Å². The van der Waals surface area contributed by atoms with Crippen LogP contribution in [0, 0.1) is 6.42 Å². The van der Waals surface area contributed by atoms with Crippen LogP contribution in [0.1, 0.15) is 30.4 Å². The van der Waals surface area contributed by atoms with Gasteiger partial charge in [0, 0.05) is 35.0 Å². The molecule has 0 fully saturated rings. The van der Waals surface area contributed by atoms with Gasteiger partial charge in [-0.3, -0.25) is 0 Å². The van der Waals surface area contributed by atoms with E-state index in [1.54, 1.807) is 18.9 Å². The fourth-order valence-corrected chi connectivity index (χ4v) is 3.51. The minimum atomic E-state index is 0.317. The fraction of sp³-hybridized carbons (Fsp3) is 0.250. The molecule has 1 unspecified atom stereocenters. The molecule has 2 aromatic carbocycles. The molecule has 0 saturated carbocycles. The van der Waals surface area contributed by atoms with Crippen molar-refractivity contribution in [2.24, 2.45) is 0 Å². The van der Waals surface area contributed by atoms with E-state index in [1.165, 1.54) is 26.9 Å². The number of benzene rings is 2. The van der Waals surface area contributed by atoms with Gasteiger partial charge >= 0.3 is 0 Å². The highest BCUT2D eigenvalue weighted by atomic mass is 32.2. The SMILES string of the molecule is CC[CH]C(c1ccc(SCOC)cc1)c1c[nH]c2ccccc12. The summed E-state index contributed by atoms with van der Waals surface area (Å²) in [6, 6.07) is 17.3. The second-order valence-corrected chi connectivity index (χ2v) is 6.53. The predicted molar refractivity (Wildman–Crippen MR) is 98.9 cm³/mol. The van der Waals surface area contributed by atoms with Gasteiger partial charge in [-0.25, -0.2) is 0 Å². The first-order valence-corrected chi connectivity index (χ1v) is 8.93. The Labute approximate surface area is 142 Å². The van der Waals surface area contributed by atoms with Gasteiger partial charge in [0.15, 0.2) is 0 Å². The molecule has 23 heavy (non-hydrogen) atoms. The van der Waals surface area contributed by atoms with Crippen LogP contribution >= 0.6 is 11.8 Å². The van der Waals surface area contributed by atoms with E-state index in [-0.39, 0.29) is 0 Å².